The molecule has 9 heteroatoms. The van der Waals surface area contributed by atoms with Gasteiger partial charge in [0.05, 0.1) is 24.4 Å². The highest BCUT2D eigenvalue weighted by atomic mass is 28.4. The van der Waals surface area contributed by atoms with Crippen LogP contribution in [0.4, 0.5) is 0 Å². The van der Waals surface area contributed by atoms with Crippen molar-refractivity contribution in [1.82, 2.24) is 0 Å². The number of aliphatic hydroxyl groups is 4. The highest BCUT2D eigenvalue weighted by Crippen LogP contribution is 2.24. The number of aliphatic hydroxyl groups excluding tert-OH is 4. The van der Waals surface area contributed by atoms with E-state index in [9.17, 15) is 0 Å². The molecule has 4 atom stereocenters. The van der Waals surface area contributed by atoms with Crippen LogP contribution in [0.25, 0.3) is 0 Å². The lowest BCUT2D eigenvalue weighted by Crippen LogP contribution is -2.56. The normalized spacial score (nSPS) is 19.2. The van der Waals surface area contributed by atoms with E-state index in [0.29, 0.717) is 25.7 Å². The summed E-state index contributed by atoms with van der Waals surface area (Å²) >= 11 is 0. The molecule has 0 aromatic carbocycles. The van der Waals surface area contributed by atoms with E-state index in [2.05, 4.69) is 0 Å². The van der Waals surface area contributed by atoms with Crippen LogP contribution >= 0.6 is 0 Å². The van der Waals surface area contributed by atoms with Crippen molar-refractivity contribution in [3.63, 3.8) is 0 Å². The number of rotatable bonds is 16. The smallest absolute Gasteiger partial charge is 0.396 e. The van der Waals surface area contributed by atoms with Crippen LogP contribution in [0.15, 0.2) is 0 Å². The van der Waals surface area contributed by atoms with Gasteiger partial charge in [-0.05, 0) is 53.4 Å². The Morgan fingerprint density at radius 2 is 0.720 bits per heavy atom. The fourth-order valence-corrected chi connectivity index (χ4v) is 4.89. The molecule has 0 amide bonds. The Kier molecular flexibility index (Phi) is 14.0. The van der Waals surface area contributed by atoms with Gasteiger partial charge in [-0.2, -0.15) is 0 Å². The summed E-state index contributed by atoms with van der Waals surface area (Å²) in [5, 5.41) is 36.6. The lowest BCUT2D eigenvalue weighted by atomic mass is 10.3. The van der Waals surface area contributed by atoms with E-state index in [1.54, 1.807) is 27.7 Å². The van der Waals surface area contributed by atoms with Crippen LogP contribution in [0.5, 0.6) is 0 Å². The number of hydrogen-bond donors (Lipinski definition) is 4. The molecule has 0 saturated heterocycles. The van der Waals surface area contributed by atoms with Gasteiger partial charge < -0.3 is 38.1 Å². The first-order valence-electron chi connectivity index (χ1n) is 8.97. The molecule has 0 bridgehead atoms. The SMILES string of the molecule is CC(CCO)O[Si](OC(C)CCO)(OC(C)CCO)OC(C)CCO. The monoisotopic (exact) mass is 384 g/mol. The van der Waals surface area contributed by atoms with E-state index in [0.717, 1.165) is 0 Å². The van der Waals surface area contributed by atoms with E-state index in [4.69, 9.17) is 38.1 Å². The maximum absolute atomic E-state index is 9.15. The molecule has 0 heterocycles. The highest BCUT2D eigenvalue weighted by Gasteiger charge is 2.51. The van der Waals surface area contributed by atoms with E-state index in [1.807, 2.05) is 0 Å². The predicted molar refractivity (Wildman–Crippen MR) is 94.8 cm³/mol. The number of hydrogen-bond acceptors (Lipinski definition) is 8. The summed E-state index contributed by atoms with van der Waals surface area (Å²) in [7, 11) is -3.64. The van der Waals surface area contributed by atoms with E-state index < -0.39 is 9.05 Å². The van der Waals surface area contributed by atoms with Gasteiger partial charge in [-0.1, -0.05) is 0 Å². The van der Waals surface area contributed by atoms with Crippen molar-refractivity contribution in [2.45, 2.75) is 77.8 Å². The molecule has 0 fully saturated rings. The summed E-state index contributed by atoms with van der Waals surface area (Å²) < 4.78 is 24.0. The Hall–Kier alpha value is -0.103. The third kappa shape index (κ3) is 11.3. The van der Waals surface area contributed by atoms with Crippen LogP contribution in [0.1, 0.15) is 53.4 Å². The fraction of sp³-hybridized carbons (Fsp3) is 1.00. The molecular formula is C16H36O8Si. The zero-order valence-electron chi connectivity index (χ0n) is 15.9. The summed E-state index contributed by atoms with van der Waals surface area (Å²) in [5.74, 6) is 0. The van der Waals surface area contributed by atoms with Crippen molar-refractivity contribution >= 4 is 9.05 Å². The van der Waals surface area contributed by atoms with Crippen LogP contribution in [-0.4, -0.2) is 80.3 Å². The standard InChI is InChI=1S/C16H36O8Si/c1-13(5-9-17)21-25(22-14(2)6-10-18,23-15(3)7-11-19)24-16(4)8-12-20/h13-20H,5-12H2,1-4H3. The molecule has 0 aliphatic heterocycles. The van der Waals surface area contributed by atoms with Crippen molar-refractivity contribution < 1.29 is 38.1 Å². The first-order valence-corrected chi connectivity index (χ1v) is 10.6. The molecule has 4 N–H and O–H groups in total. The lowest BCUT2D eigenvalue weighted by molar-refractivity contribution is -0.104. The largest absolute Gasteiger partial charge is 0.680 e. The minimum Gasteiger partial charge on any atom is -0.396 e. The topological polar surface area (TPSA) is 118 Å². The maximum Gasteiger partial charge on any atom is 0.680 e. The molecule has 25 heavy (non-hydrogen) atoms. The summed E-state index contributed by atoms with van der Waals surface area (Å²) in [6, 6.07) is 0. The third-order valence-electron chi connectivity index (χ3n) is 3.52. The molecule has 0 aromatic heterocycles. The van der Waals surface area contributed by atoms with Gasteiger partial charge in [0.15, 0.2) is 0 Å². The molecule has 4 unspecified atom stereocenters. The Morgan fingerprint density at radius 1 is 0.520 bits per heavy atom. The Labute approximate surface area is 152 Å². The van der Waals surface area contributed by atoms with E-state index in [1.165, 1.54) is 0 Å². The minimum atomic E-state index is -3.64. The van der Waals surface area contributed by atoms with E-state index in [-0.39, 0.29) is 50.8 Å². The summed E-state index contributed by atoms with van der Waals surface area (Å²) in [4.78, 5) is 0. The Morgan fingerprint density at radius 3 is 0.880 bits per heavy atom. The minimum absolute atomic E-state index is 0.0454. The molecule has 0 spiro atoms. The second kappa shape index (κ2) is 14.0. The van der Waals surface area contributed by atoms with Crippen molar-refractivity contribution in [1.29, 1.82) is 0 Å². The summed E-state index contributed by atoms with van der Waals surface area (Å²) in [5.41, 5.74) is 0. The van der Waals surface area contributed by atoms with Gasteiger partial charge in [0.2, 0.25) is 0 Å². The molecule has 0 aliphatic carbocycles. The first kappa shape index (κ1) is 24.9. The average molecular weight is 385 g/mol. The lowest BCUT2D eigenvalue weighted by Gasteiger charge is -2.36. The average Bonchev–Trinajstić information content (AvgIpc) is 2.47. The molecule has 8 nitrogen and oxygen atoms in total. The molecule has 0 saturated carbocycles. The quantitative estimate of drug-likeness (QED) is 0.285. The second-order valence-corrected chi connectivity index (χ2v) is 8.21. The Balaban J connectivity index is 5.39. The summed E-state index contributed by atoms with van der Waals surface area (Å²) in [6.07, 6.45) is 0.121. The Bertz CT molecular complexity index is 259. The second-order valence-electron chi connectivity index (χ2n) is 6.26. The fourth-order valence-electron chi connectivity index (χ4n) is 2.12. The molecule has 0 aliphatic rings. The van der Waals surface area contributed by atoms with Gasteiger partial charge in [0.25, 0.3) is 0 Å². The molecule has 0 aromatic rings. The van der Waals surface area contributed by atoms with Crippen LogP contribution in [-0.2, 0) is 17.7 Å². The van der Waals surface area contributed by atoms with Crippen LogP contribution in [0.2, 0.25) is 0 Å². The van der Waals surface area contributed by atoms with Crippen LogP contribution < -0.4 is 0 Å². The molecular weight excluding hydrogens is 348 g/mol. The van der Waals surface area contributed by atoms with Crippen molar-refractivity contribution in [3.8, 4) is 0 Å². The van der Waals surface area contributed by atoms with E-state index >= 15 is 0 Å². The van der Waals surface area contributed by atoms with Gasteiger partial charge in [-0.25, -0.2) is 0 Å². The van der Waals surface area contributed by atoms with Gasteiger partial charge in [0, 0.05) is 26.4 Å². The first-order chi connectivity index (χ1) is 11.8. The molecule has 0 rings (SSSR count). The van der Waals surface area contributed by atoms with Crippen molar-refractivity contribution in [2.24, 2.45) is 0 Å². The van der Waals surface area contributed by atoms with Gasteiger partial charge in [-0.3, -0.25) is 0 Å². The zero-order valence-corrected chi connectivity index (χ0v) is 16.9. The zero-order chi connectivity index (χ0) is 19.3. The van der Waals surface area contributed by atoms with Crippen LogP contribution in [0, 0.1) is 0 Å². The third-order valence-corrected chi connectivity index (χ3v) is 6.29. The predicted octanol–water partition coefficient (Wildman–Crippen LogP) is 0.572. The molecule has 152 valence electrons. The van der Waals surface area contributed by atoms with Gasteiger partial charge in [0.1, 0.15) is 0 Å². The van der Waals surface area contributed by atoms with Gasteiger partial charge in [-0.15, -0.1) is 0 Å². The molecule has 0 radical (unpaired) electrons. The van der Waals surface area contributed by atoms with Gasteiger partial charge >= 0.3 is 9.05 Å². The highest BCUT2D eigenvalue weighted by molar-refractivity contribution is 6.53. The van der Waals surface area contributed by atoms with Crippen molar-refractivity contribution in [3.05, 3.63) is 0 Å². The maximum atomic E-state index is 9.15. The summed E-state index contributed by atoms with van der Waals surface area (Å²) in [6.45, 7) is 6.98. The van der Waals surface area contributed by atoms with Crippen molar-refractivity contribution in [2.75, 3.05) is 26.4 Å². The van der Waals surface area contributed by atoms with Crippen LogP contribution in [0.3, 0.4) is 0 Å².